The first-order valence-corrected chi connectivity index (χ1v) is 25.7. The fourth-order valence-electron chi connectivity index (χ4n) is 9.74. The van der Waals surface area contributed by atoms with Crippen molar-refractivity contribution in [1.82, 2.24) is 18.6 Å². The van der Waals surface area contributed by atoms with Crippen LogP contribution >= 0.6 is 0 Å². The van der Waals surface area contributed by atoms with Gasteiger partial charge in [-0.2, -0.15) is 0 Å². The number of likely N-dealkylation sites (tertiary alicyclic amines) is 1. The highest BCUT2D eigenvalue weighted by Gasteiger charge is 2.38. The van der Waals surface area contributed by atoms with Crippen LogP contribution in [0.1, 0.15) is 144 Å². The molecule has 1 unspecified atom stereocenters. The SMILES string of the molecule is CCCCN(CCCC)c1ccc(/C=C/c2ccc(/C=C/c3ccc(C4=C(C)/C(=C5\CCC(/C=C/c6ccc(/C=C/c7ccc(N(CCCC)CCCC)cc7)n6C)N5C)C4=O)n3C)n2C)cc1. The van der Waals surface area contributed by atoms with E-state index in [2.05, 4.69) is 225 Å². The van der Waals surface area contributed by atoms with Crippen molar-refractivity contribution in [2.24, 2.45) is 21.1 Å². The van der Waals surface area contributed by atoms with E-state index in [0.29, 0.717) is 0 Å². The lowest BCUT2D eigenvalue weighted by molar-refractivity contribution is -0.111. The lowest BCUT2D eigenvalue weighted by atomic mass is 9.79. The maximum Gasteiger partial charge on any atom is 0.197 e. The number of unbranched alkanes of at least 4 members (excludes halogenated alkanes) is 4. The predicted octanol–water partition coefficient (Wildman–Crippen LogP) is 14.4. The number of hydrogen-bond donors (Lipinski definition) is 0. The fraction of sp³-hybridized carbons (Fsp3) is 0.393. The minimum Gasteiger partial charge on any atom is -0.372 e. The van der Waals surface area contributed by atoms with Gasteiger partial charge >= 0.3 is 0 Å². The standard InChI is InChI=1S/C61H78N6O/c1-10-14-42-66(43-15-11-2)55-26-20-47(21-27-55)18-24-49-30-32-51(62(49)6)34-36-53-38-40-57(64(53)8)59-46(5)60(61(59)68)58-41-39-54(65(58)9)37-35-52-33-31-50(63(52)7)25-19-48-22-28-56(29-23-48)67(44-16-12-3)45-17-13-4/h18-38,40,54H,10-17,39,41-45H2,1-9H3/b24-18+,25-19+,36-34+,37-35+,60-58-. The Morgan fingerprint density at radius 2 is 0.897 bits per heavy atom. The zero-order valence-corrected chi connectivity index (χ0v) is 42.8. The van der Waals surface area contributed by atoms with E-state index in [1.54, 1.807) is 0 Å². The van der Waals surface area contributed by atoms with Gasteiger partial charge in [0.1, 0.15) is 0 Å². The molecule has 1 fully saturated rings. The number of aromatic nitrogens is 3. The van der Waals surface area contributed by atoms with E-state index in [1.165, 1.54) is 73.9 Å². The van der Waals surface area contributed by atoms with Crippen LogP contribution < -0.4 is 9.80 Å². The number of benzene rings is 2. The first kappa shape index (κ1) is 49.7. The molecule has 68 heavy (non-hydrogen) atoms. The van der Waals surface area contributed by atoms with Gasteiger partial charge in [0.2, 0.25) is 0 Å². The maximum atomic E-state index is 14.0. The van der Waals surface area contributed by atoms with E-state index in [-0.39, 0.29) is 11.8 Å². The van der Waals surface area contributed by atoms with Crippen molar-refractivity contribution in [3.63, 3.8) is 0 Å². The third-order valence-electron chi connectivity index (χ3n) is 14.4. The van der Waals surface area contributed by atoms with Crippen LogP contribution in [0, 0.1) is 0 Å². The zero-order chi connectivity index (χ0) is 48.2. The molecule has 7 rings (SSSR count). The molecule has 0 amide bonds. The van der Waals surface area contributed by atoms with Gasteiger partial charge in [0, 0.05) is 112 Å². The molecule has 7 nitrogen and oxygen atoms in total. The van der Waals surface area contributed by atoms with Crippen molar-refractivity contribution >= 4 is 65.3 Å². The second-order valence-electron chi connectivity index (χ2n) is 19.0. The second-order valence-corrected chi connectivity index (χ2v) is 19.0. The molecule has 4 heterocycles. The van der Waals surface area contributed by atoms with Crippen LogP contribution in [0.15, 0.2) is 108 Å². The highest BCUT2D eigenvalue weighted by Crippen LogP contribution is 2.43. The lowest BCUT2D eigenvalue weighted by Crippen LogP contribution is -2.28. The van der Waals surface area contributed by atoms with E-state index in [9.17, 15) is 4.79 Å². The van der Waals surface area contributed by atoms with Crippen LogP contribution in [-0.4, -0.2) is 63.7 Å². The van der Waals surface area contributed by atoms with Gasteiger partial charge in [-0.3, -0.25) is 4.79 Å². The van der Waals surface area contributed by atoms with Gasteiger partial charge in [-0.05, 0) is 153 Å². The molecule has 0 N–H and O–H groups in total. The Labute approximate surface area is 409 Å². The first-order chi connectivity index (χ1) is 33.1. The summed E-state index contributed by atoms with van der Waals surface area (Å²) in [6.07, 6.45) is 29.3. The molecule has 0 bridgehead atoms. The van der Waals surface area contributed by atoms with Gasteiger partial charge in [-0.1, -0.05) is 95.9 Å². The van der Waals surface area contributed by atoms with Crippen molar-refractivity contribution in [1.29, 1.82) is 0 Å². The Morgan fingerprint density at radius 3 is 1.32 bits per heavy atom. The average Bonchev–Trinajstić information content (AvgIpc) is 4.11. The molecule has 1 saturated heterocycles. The molecule has 1 aliphatic carbocycles. The topological polar surface area (TPSA) is 41.6 Å². The maximum absolute atomic E-state index is 14.0. The monoisotopic (exact) mass is 911 g/mol. The van der Waals surface area contributed by atoms with Gasteiger partial charge in [0.15, 0.2) is 5.78 Å². The molecular weight excluding hydrogens is 833 g/mol. The third kappa shape index (κ3) is 11.5. The molecule has 1 aliphatic heterocycles. The summed E-state index contributed by atoms with van der Waals surface area (Å²) in [5.74, 6) is 0.156. The van der Waals surface area contributed by atoms with Crippen LogP contribution in [0.2, 0.25) is 0 Å². The number of hydrogen-bond acceptors (Lipinski definition) is 4. The van der Waals surface area contributed by atoms with Gasteiger partial charge in [-0.15, -0.1) is 0 Å². The average molecular weight is 911 g/mol. The number of likely N-dealkylation sites (N-methyl/N-ethyl adjacent to an activating group) is 1. The Hall–Kier alpha value is -6.21. The van der Waals surface area contributed by atoms with E-state index < -0.39 is 0 Å². The van der Waals surface area contributed by atoms with E-state index in [0.717, 1.165) is 95.6 Å². The summed E-state index contributed by atoms with van der Waals surface area (Å²) in [7, 11) is 8.45. The molecule has 0 spiro atoms. The lowest BCUT2D eigenvalue weighted by Gasteiger charge is -2.30. The largest absolute Gasteiger partial charge is 0.372 e. The summed E-state index contributed by atoms with van der Waals surface area (Å²) in [5, 5.41) is 0. The number of carbonyl (C=O) groups is 1. The zero-order valence-electron chi connectivity index (χ0n) is 42.8. The number of ketones is 1. The van der Waals surface area contributed by atoms with Crippen LogP contribution in [0.3, 0.4) is 0 Å². The first-order valence-electron chi connectivity index (χ1n) is 25.7. The Kier molecular flexibility index (Phi) is 17.3. The Morgan fingerprint density at radius 1 is 0.500 bits per heavy atom. The molecule has 5 aromatic rings. The molecule has 2 aliphatic rings. The third-order valence-corrected chi connectivity index (χ3v) is 14.4. The van der Waals surface area contributed by atoms with Gasteiger partial charge in [0.25, 0.3) is 0 Å². The van der Waals surface area contributed by atoms with E-state index >= 15 is 0 Å². The molecule has 358 valence electrons. The fourth-order valence-corrected chi connectivity index (χ4v) is 9.74. The summed E-state index contributed by atoms with van der Waals surface area (Å²) in [5.41, 5.74) is 15.6. The predicted molar refractivity (Wildman–Crippen MR) is 294 cm³/mol. The minimum absolute atomic E-state index is 0.156. The molecule has 1 atom stereocenters. The van der Waals surface area contributed by atoms with Gasteiger partial charge in [-0.25, -0.2) is 0 Å². The summed E-state index contributed by atoms with van der Waals surface area (Å²) < 4.78 is 6.61. The smallest absolute Gasteiger partial charge is 0.197 e. The van der Waals surface area contributed by atoms with Crippen molar-refractivity contribution in [2.75, 3.05) is 43.0 Å². The van der Waals surface area contributed by atoms with Gasteiger partial charge < -0.3 is 28.4 Å². The summed E-state index contributed by atoms with van der Waals surface area (Å²) in [4.78, 5) is 21.4. The quantitative estimate of drug-likeness (QED) is 0.0613. The van der Waals surface area contributed by atoms with E-state index in [1.807, 2.05) is 0 Å². The van der Waals surface area contributed by atoms with Crippen LogP contribution in [0.5, 0.6) is 0 Å². The van der Waals surface area contributed by atoms with Crippen LogP contribution in [-0.2, 0) is 25.9 Å². The van der Waals surface area contributed by atoms with Crippen molar-refractivity contribution in [3.05, 3.63) is 153 Å². The Bertz CT molecular complexity index is 2640. The molecule has 3 aromatic heterocycles. The highest BCUT2D eigenvalue weighted by molar-refractivity contribution is 6.39. The van der Waals surface area contributed by atoms with Crippen molar-refractivity contribution in [3.8, 4) is 0 Å². The van der Waals surface area contributed by atoms with E-state index in [4.69, 9.17) is 0 Å². The number of allylic oxidation sites excluding steroid dienone is 4. The van der Waals surface area contributed by atoms with Crippen molar-refractivity contribution < 1.29 is 4.79 Å². The van der Waals surface area contributed by atoms with Crippen molar-refractivity contribution in [2.45, 2.75) is 105 Å². The van der Waals surface area contributed by atoms with Gasteiger partial charge in [0.05, 0.1) is 11.3 Å². The number of carbonyl (C=O) groups excluding carboxylic acids is 1. The second kappa shape index (κ2) is 23.7. The molecule has 2 aromatic carbocycles. The normalized spacial score (nSPS) is 16.6. The summed E-state index contributed by atoms with van der Waals surface area (Å²) >= 11 is 0. The van der Waals surface area contributed by atoms with Crippen LogP contribution in [0.4, 0.5) is 11.4 Å². The number of nitrogens with zero attached hydrogens (tertiary/aromatic N) is 6. The number of Topliss-reactive ketones (excluding diaryl/α,β-unsaturated/α-hetero) is 1. The Balaban J connectivity index is 0.960. The van der Waals surface area contributed by atoms with Crippen LogP contribution in [0.25, 0.3) is 48.1 Å². The summed E-state index contributed by atoms with van der Waals surface area (Å²) in [6, 6.07) is 31.2. The number of anilines is 2. The summed E-state index contributed by atoms with van der Waals surface area (Å²) in [6.45, 7) is 15.6. The highest BCUT2D eigenvalue weighted by atomic mass is 16.1. The number of rotatable bonds is 23. The molecule has 7 heteroatoms. The molecular formula is C61H78N6O. The molecule has 0 saturated carbocycles. The molecule has 0 radical (unpaired) electrons. The minimum atomic E-state index is 0.156.